The van der Waals surface area contributed by atoms with Gasteiger partial charge < -0.3 is 0 Å². The van der Waals surface area contributed by atoms with Crippen molar-refractivity contribution in [2.45, 2.75) is 4.90 Å². The number of rotatable bonds is 4. The maximum absolute atomic E-state index is 12.5. The average molecular weight is 335 g/mol. The smallest absolute Gasteiger partial charge is 0.263 e. The first kappa shape index (κ1) is 14.6. The molecule has 0 aliphatic rings. The molecule has 0 saturated carbocycles. The van der Waals surface area contributed by atoms with E-state index in [-0.39, 0.29) is 9.92 Å². The second kappa shape index (κ2) is 5.78. The third-order valence-electron chi connectivity index (χ3n) is 2.94. The van der Waals surface area contributed by atoms with Crippen LogP contribution >= 0.6 is 11.6 Å². The van der Waals surface area contributed by atoms with Gasteiger partial charge >= 0.3 is 0 Å². The molecule has 0 bridgehead atoms. The van der Waals surface area contributed by atoms with Crippen molar-refractivity contribution < 1.29 is 8.42 Å². The summed E-state index contributed by atoms with van der Waals surface area (Å²) in [6, 6.07) is 13.1. The number of aromatic nitrogens is 3. The minimum Gasteiger partial charge on any atom is -0.277 e. The topological polar surface area (TPSA) is 76.9 Å². The molecule has 8 heteroatoms. The Bertz CT molecular complexity index is 895. The Morgan fingerprint density at radius 3 is 2.50 bits per heavy atom. The predicted molar refractivity (Wildman–Crippen MR) is 83.6 cm³/mol. The molecule has 2 aromatic carbocycles. The van der Waals surface area contributed by atoms with Gasteiger partial charge in [-0.3, -0.25) is 4.72 Å². The van der Waals surface area contributed by atoms with Gasteiger partial charge in [0.05, 0.1) is 28.8 Å². The van der Waals surface area contributed by atoms with Crippen molar-refractivity contribution in [3.8, 4) is 5.69 Å². The molecule has 0 fully saturated rings. The van der Waals surface area contributed by atoms with Crippen LogP contribution in [0, 0.1) is 0 Å². The van der Waals surface area contributed by atoms with E-state index in [4.69, 9.17) is 11.6 Å². The number of nitrogens with zero attached hydrogens (tertiary/aromatic N) is 3. The van der Waals surface area contributed by atoms with Crippen molar-refractivity contribution in [1.29, 1.82) is 0 Å². The lowest BCUT2D eigenvalue weighted by molar-refractivity contribution is 0.601. The zero-order valence-corrected chi connectivity index (χ0v) is 12.8. The van der Waals surface area contributed by atoms with Crippen LogP contribution in [0.15, 0.2) is 65.8 Å². The van der Waals surface area contributed by atoms with Gasteiger partial charge in [-0.2, -0.15) is 0 Å². The van der Waals surface area contributed by atoms with E-state index in [2.05, 4.69) is 15.0 Å². The van der Waals surface area contributed by atoms with Gasteiger partial charge in [0.25, 0.3) is 10.0 Å². The Morgan fingerprint density at radius 2 is 1.77 bits per heavy atom. The largest absolute Gasteiger partial charge is 0.277 e. The fourth-order valence-electron chi connectivity index (χ4n) is 1.96. The summed E-state index contributed by atoms with van der Waals surface area (Å²) < 4.78 is 29.0. The van der Waals surface area contributed by atoms with Gasteiger partial charge in [0.2, 0.25) is 0 Å². The highest BCUT2D eigenvalue weighted by Crippen LogP contribution is 2.26. The Morgan fingerprint density at radius 1 is 1.05 bits per heavy atom. The van der Waals surface area contributed by atoms with Gasteiger partial charge in [-0.1, -0.05) is 41.1 Å². The Hall–Kier alpha value is -2.38. The molecule has 0 saturated heterocycles. The normalized spacial score (nSPS) is 11.3. The van der Waals surface area contributed by atoms with Crippen LogP contribution < -0.4 is 4.72 Å². The SMILES string of the molecule is O=S(=O)(Nc1ccccc1-n1ccnn1)c1ccccc1Cl. The third-order valence-corrected chi connectivity index (χ3v) is 4.81. The fraction of sp³-hybridized carbons (Fsp3) is 0. The van der Waals surface area contributed by atoms with Crippen LogP contribution in [0.1, 0.15) is 0 Å². The van der Waals surface area contributed by atoms with E-state index < -0.39 is 10.0 Å². The molecule has 0 radical (unpaired) electrons. The van der Waals surface area contributed by atoms with E-state index in [0.717, 1.165) is 0 Å². The molecule has 6 nitrogen and oxygen atoms in total. The minimum atomic E-state index is -3.80. The first-order chi connectivity index (χ1) is 10.6. The van der Waals surface area contributed by atoms with Crippen LogP contribution in [0.25, 0.3) is 5.69 Å². The summed E-state index contributed by atoms with van der Waals surface area (Å²) in [5.74, 6) is 0. The van der Waals surface area contributed by atoms with Crippen molar-refractivity contribution in [3.63, 3.8) is 0 Å². The second-order valence-electron chi connectivity index (χ2n) is 4.40. The van der Waals surface area contributed by atoms with Crippen molar-refractivity contribution in [2.75, 3.05) is 4.72 Å². The lowest BCUT2D eigenvalue weighted by Crippen LogP contribution is -2.15. The summed E-state index contributed by atoms with van der Waals surface area (Å²) >= 11 is 5.97. The highest BCUT2D eigenvalue weighted by atomic mass is 35.5. The quantitative estimate of drug-likeness (QED) is 0.795. The monoisotopic (exact) mass is 334 g/mol. The number of hydrogen-bond acceptors (Lipinski definition) is 4. The molecule has 22 heavy (non-hydrogen) atoms. The van der Waals surface area contributed by atoms with Crippen molar-refractivity contribution in [3.05, 3.63) is 65.9 Å². The van der Waals surface area contributed by atoms with Crippen molar-refractivity contribution in [2.24, 2.45) is 0 Å². The second-order valence-corrected chi connectivity index (χ2v) is 6.46. The summed E-state index contributed by atoms with van der Waals surface area (Å²) in [6.07, 6.45) is 3.14. The zero-order valence-electron chi connectivity index (χ0n) is 11.2. The van der Waals surface area contributed by atoms with E-state index in [1.807, 2.05) is 0 Å². The molecule has 1 N–H and O–H groups in total. The van der Waals surface area contributed by atoms with Gasteiger partial charge in [-0.25, -0.2) is 13.1 Å². The van der Waals surface area contributed by atoms with Crippen LogP contribution in [0.4, 0.5) is 5.69 Å². The van der Waals surface area contributed by atoms with Gasteiger partial charge in [0.15, 0.2) is 0 Å². The summed E-state index contributed by atoms with van der Waals surface area (Å²) in [5, 5.41) is 7.76. The number of anilines is 1. The van der Waals surface area contributed by atoms with Crippen LogP contribution in [-0.2, 0) is 10.0 Å². The van der Waals surface area contributed by atoms with Crippen LogP contribution in [-0.4, -0.2) is 23.4 Å². The Balaban J connectivity index is 2.03. The van der Waals surface area contributed by atoms with Gasteiger partial charge in [-0.15, -0.1) is 5.10 Å². The standard InChI is InChI=1S/C14H11ClN4O2S/c15-11-5-1-4-8-14(11)22(20,21)17-12-6-2-3-7-13(12)19-10-9-16-18-19/h1-10,17H. The van der Waals surface area contributed by atoms with Crippen LogP contribution in [0.3, 0.4) is 0 Å². The maximum Gasteiger partial charge on any atom is 0.263 e. The molecular weight excluding hydrogens is 324 g/mol. The molecule has 0 aliphatic carbocycles. The average Bonchev–Trinajstić information content (AvgIpc) is 3.02. The van der Waals surface area contributed by atoms with E-state index in [1.165, 1.54) is 23.0 Å². The van der Waals surface area contributed by atoms with Gasteiger partial charge in [0.1, 0.15) is 4.90 Å². The lowest BCUT2D eigenvalue weighted by atomic mass is 10.3. The molecule has 112 valence electrons. The predicted octanol–water partition coefficient (Wildman–Crippen LogP) is 2.72. The summed E-state index contributed by atoms with van der Waals surface area (Å²) in [5.41, 5.74) is 0.948. The summed E-state index contributed by atoms with van der Waals surface area (Å²) in [4.78, 5) is 0.0186. The molecule has 1 aromatic heterocycles. The first-order valence-corrected chi connectivity index (χ1v) is 8.17. The highest BCUT2D eigenvalue weighted by molar-refractivity contribution is 7.92. The Kier molecular flexibility index (Phi) is 3.82. The number of halogens is 1. The highest BCUT2D eigenvalue weighted by Gasteiger charge is 2.19. The van der Waals surface area contributed by atoms with Crippen molar-refractivity contribution in [1.82, 2.24) is 15.0 Å². The molecule has 0 amide bonds. The van der Waals surface area contributed by atoms with Crippen molar-refractivity contribution >= 4 is 27.3 Å². The van der Waals surface area contributed by atoms with Gasteiger partial charge in [0, 0.05) is 0 Å². The fourth-order valence-corrected chi connectivity index (χ4v) is 3.55. The molecule has 0 atom stereocenters. The van der Waals surface area contributed by atoms with Crippen LogP contribution in [0.2, 0.25) is 5.02 Å². The van der Waals surface area contributed by atoms with E-state index in [1.54, 1.807) is 42.6 Å². The number of sulfonamides is 1. The first-order valence-electron chi connectivity index (χ1n) is 6.31. The summed E-state index contributed by atoms with van der Waals surface area (Å²) in [7, 11) is -3.80. The molecule has 0 aliphatic heterocycles. The minimum absolute atomic E-state index is 0.0186. The van der Waals surface area contributed by atoms with Crippen LogP contribution in [0.5, 0.6) is 0 Å². The molecular formula is C14H11ClN4O2S. The van der Waals surface area contributed by atoms with E-state index in [0.29, 0.717) is 11.4 Å². The number of para-hydroxylation sites is 2. The summed E-state index contributed by atoms with van der Waals surface area (Å²) in [6.45, 7) is 0. The Labute approximate surface area is 132 Å². The molecule has 3 aromatic rings. The number of hydrogen-bond donors (Lipinski definition) is 1. The maximum atomic E-state index is 12.5. The molecule has 3 rings (SSSR count). The molecule has 0 spiro atoms. The lowest BCUT2D eigenvalue weighted by Gasteiger charge is -2.12. The zero-order chi connectivity index (χ0) is 15.6. The number of benzene rings is 2. The molecule has 1 heterocycles. The third kappa shape index (κ3) is 2.81. The van der Waals surface area contributed by atoms with E-state index >= 15 is 0 Å². The van der Waals surface area contributed by atoms with Gasteiger partial charge in [-0.05, 0) is 24.3 Å². The van der Waals surface area contributed by atoms with E-state index in [9.17, 15) is 8.42 Å². The molecule has 0 unspecified atom stereocenters. The number of nitrogens with one attached hydrogen (secondary N) is 1.